The summed E-state index contributed by atoms with van der Waals surface area (Å²) in [7, 11) is -3.68. The largest absolute Gasteiger partial charge is 0.221 e. The van der Waals surface area contributed by atoms with Crippen LogP contribution in [0.25, 0.3) is 0 Å². The van der Waals surface area contributed by atoms with Crippen molar-refractivity contribution in [3.63, 3.8) is 0 Å². The van der Waals surface area contributed by atoms with E-state index in [-0.39, 0.29) is 24.2 Å². The van der Waals surface area contributed by atoms with Crippen molar-refractivity contribution in [2.24, 2.45) is 0 Å². The van der Waals surface area contributed by atoms with Crippen LogP contribution in [0.2, 0.25) is 0 Å². The van der Waals surface area contributed by atoms with Crippen LogP contribution in [-0.4, -0.2) is 19.3 Å². The summed E-state index contributed by atoms with van der Waals surface area (Å²) in [6.07, 6.45) is 2.18. The number of sulfonamides is 1. The van der Waals surface area contributed by atoms with Gasteiger partial charge in [-0.05, 0) is 43.4 Å². The van der Waals surface area contributed by atoms with Crippen molar-refractivity contribution in [1.29, 1.82) is 5.26 Å². The van der Waals surface area contributed by atoms with Crippen molar-refractivity contribution in [2.75, 3.05) is 6.54 Å². The minimum Gasteiger partial charge on any atom is -0.212 e. The van der Waals surface area contributed by atoms with Crippen molar-refractivity contribution >= 4 is 10.0 Å². The molecular weight excluding hydrogens is 382 g/mol. The zero-order chi connectivity index (χ0) is 19.9. The first-order valence-electron chi connectivity index (χ1n) is 9.31. The molecule has 0 N–H and O–H groups in total. The highest BCUT2D eigenvalue weighted by atomic mass is 32.2. The Balaban J connectivity index is 1.62. The fraction of sp³-hybridized carbons (Fsp3) is 0.381. The Bertz CT molecular complexity index is 1040. The Labute approximate surface area is 163 Å². The number of hydrogen-bond donors (Lipinski definition) is 0. The van der Waals surface area contributed by atoms with E-state index in [9.17, 15) is 22.5 Å². The second kappa shape index (κ2) is 6.94. The van der Waals surface area contributed by atoms with Gasteiger partial charge in [-0.3, -0.25) is 0 Å². The molecule has 2 aromatic carbocycles. The molecular formula is C21H20F2N2O2S. The SMILES string of the molecule is N#CC1(c2cc(F)c(CN3CCC[C@H](c4ccccc4)S3(=O)=O)cc2F)CC1. The van der Waals surface area contributed by atoms with E-state index < -0.39 is 32.3 Å². The lowest BCUT2D eigenvalue weighted by Crippen LogP contribution is -2.39. The summed E-state index contributed by atoms with van der Waals surface area (Å²) in [5, 5.41) is 8.56. The van der Waals surface area contributed by atoms with Gasteiger partial charge in [0.1, 0.15) is 16.9 Å². The first-order chi connectivity index (χ1) is 13.4. The van der Waals surface area contributed by atoms with Gasteiger partial charge in [0.05, 0.1) is 11.5 Å². The molecule has 28 heavy (non-hydrogen) atoms. The summed E-state index contributed by atoms with van der Waals surface area (Å²) in [5.74, 6) is -1.32. The molecule has 1 heterocycles. The average Bonchev–Trinajstić information content (AvgIpc) is 3.47. The Morgan fingerprint density at radius 1 is 1.14 bits per heavy atom. The lowest BCUT2D eigenvalue weighted by molar-refractivity contribution is 0.354. The van der Waals surface area contributed by atoms with Gasteiger partial charge in [0.25, 0.3) is 0 Å². The van der Waals surface area contributed by atoms with Gasteiger partial charge in [-0.25, -0.2) is 17.2 Å². The molecule has 2 aliphatic rings. The second-order valence-corrected chi connectivity index (χ2v) is 9.65. The summed E-state index contributed by atoms with van der Waals surface area (Å²) in [4.78, 5) is 0. The Hall–Kier alpha value is -2.30. The lowest BCUT2D eigenvalue weighted by atomic mass is 9.95. The lowest BCUT2D eigenvalue weighted by Gasteiger charge is -2.32. The van der Waals surface area contributed by atoms with Crippen molar-refractivity contribution in [1.82, 2.24) is 4.31 Å². The molecule has 2 fully saturated rings. The van der Waals surface area contributed by atoms with Crippen LogP contribution in [0.3, 0.4) is 0 Å². The van der Waals surface area contributed by atoms with Crippen molar-refractivity contribution in [3.8, 4) is 6.07 Å². The molecule has 2 aromatic rings. The quantitative estimate of drug-likeness (QED) is 0.771. The van der Waals surface area contributed by atoms with Gasteiger partial charge in [0.15, 0.2) is 0 Å². The molecule has 0 spiro atoms. The topological polar surface area (TPSA) is 61.2 Å². The molecule has 1 aliphatic carbocycles. The van der Waals surface area contributed by atoms with Gasteiger partial charge >= 0.3 is 0 Å². The Morgan fingerprint density at radius 2 is 1.86 bits per heavy atom. The summed E-state index contributed by atoms with van der Waals surface area (Å²) in [5.41, 5.74) is -0.162. The van der Waals surface area contributed by atoms with Crippen LogP contribution in [-0.2, 0) is 22.0 Å². The molecule has 1 saturated heterocycles. The number of benzene rings is 2. The fourth-order valence-corrected chi connectivity index (χ4v) is 5.94. The molecule has 4 rings (SSSR count). The van der Waals surface area contributed by atoms with Crippen molar-refractivity contribution in [3.05, 3.63) is 70.8 Å². The first-order valence-corrected chi connectivity index (χ1v) is 10.8. The normalized spacial score (nSPS) is 23.1. The van der Waals surface area contributed by atoms with E-state index in [0.717, 1.165) is 12.1 Å². The van der Waals surface area contributed by atoms with E-state index in [1.807, 2.05) is 6.07 Å². The third-order valence-corrected chi connectivity index (χ3v) is 7.99. The molecule has 7 heteroatoms. The number of nitrogens with zero attached hydrogens (tertiary/aromatic N) is 2. The molecule has 146 valence electrons. The smallest absolute Gasteiger partial charge is 0.212 e. The standard InChI is InChI=1S/C21H20F2N2O2S/c22-18-12-17(21(14-24)8-9-21)19(23)11-16(18)13-25-10-4-7-20(28(25,26)27)15-5-2-1-3-6-15/h1-3,5-6,11-12,20H,4,7-10,13H2/t20-/m1/s1. The van der Waals surface area contributed by atoms with E-state index in [1.165, 1.54) is 4.31 Å². The zero-order valence-corrected chi connectivity index (χ0v) is 16.1. The fourth-order valence-electron chi connectivity index (χ4n) is 3.92. The van der Waals surface area contributed by atoms with E-state index in [0.29, 0.717) is 31.2 Å². The van der Waals surface area contributed by atoms with Crippen molar-refractivity contribution in [2.45, 2.75) is 42.9 Å². The Morgan fingerprint density at radius 3 is 2.50 bits per heavy atom. The minimum absolute atomic E-state index is 0.00715. The van der Waals surface area contributed by atoms with Gasteiger partial charge in [-0.1, -0.05) is 30.3 Å². The molecule has 0 radical (unpaired) electrons. The molecule has 1 aliphatic heterocycles. The van der Waals surface area contributed by atoms with Crippen LogP contribution in [0.5, 0.6) is 0 Å². The molecule has 1 atom stereocenters. The molecule has 0 aromatic heterocycles. The predicted molar refractivity (Wildman–Crippen MR) is 101 cm³/mol. The van der Waals surface area contributed by atoms with Crippen LogP contribution in [0.1, 0.15) is 47.6 Å². The van der Waals surface area contributed by atoms with E-state index in [4.69, 9.17) is 0 Å². The van der Waals surface area contributed by atoms with Crippen LogP contribution < -0.4 is 0 Å². The van der Waals surface area contributed by atoms with Crippen LogP contribution in [0.4, 0.5) is 8.78 Å². The summed E-state index contributed by atoms with van der Waals surface area (Å²) < 4.78 is 56.6. The first kappa shape index (κ1) is 19.0. The maximum atomic E-state index is 14.7. The Kier molecular flexibility index (Phi) is 4.72. The van der Waals surface area contributed by atoms with Gasteiger partial charge in [0, 0.05) is 24.2 Å². The van der Waals surface area contributed by atoms with Gasteiger partial charge < -0.3 is 0 Å². The van der Waals surface area contributed by atoms with E-state index in [2.05, 4.69) is 6.07 Å². The highest BCUT2D eigenvalue weighted by molar-refractivity contribution is 7.89. The minimum atomic E-state index is -3.68. The number of hydrogen-bond acceptors (Lipinski definition) is 3. The number of rotatable bonds is 4. The molecule has 0 unspecified atom stereocenters. The molecule has 1 saturated carbocycles. The summed E-state index contributed by atoms with van der Waals surface area (Å²) in [6.45, 7) is 0.0604. The van der Waals surface area contributed by atoms with Gasteiger partial charge in [0.2, 0.25) is 10.0 Å². The van der Waals surface area contributed by atoms with Crippen LogP contribution in [0, 0.1) is 23.0 Å². The summed E-state index contributed by atoms with van der Waals surface area (Å²) >= 11 is 0. The van der Waals surface area contributed by atoms with Crippen molar-refractivity contribution < 1.29 is 17.2 Å². The maximum Gasteiger partial charge on any atom is 0.221 e. The van der Waals surface area contributed by atoms with Gasteiger partial charge in [-0.15, -0.1) is 0 Å². The molecule has 4 nitrogen and oxygen atoms in total. The monoisotopic (exact) mass is 402 g/mol. The number of nitriles is 1. The van der Waals surface area contributed by atoms with Gasteiger partial charge in [-0.2, -0.15) is 9.57 Å². The highest BCUT2D eigenvalue weighted by Gasteiger charge is 2.47. The zero-order valence-electron chi connectivity index (χ0n) is 15.2. The number of halogens is 2. The predicted octanol–water partition coefficient (Wildman–Crippen LogP) is 4.19. The second-order valence-electron chi connectivity index (χ2n) is 7.54. The maximum absolute atomic E-state index is 14.7. The van der Waals surface area contributed by atoms with E-state index in [1.54, 1.807) is 24.3 Å². The van der Waals surface area contributed by atoms with E-state index >= 15 is 0 Å². The molecule has 0 amide bonds. The summed E-state index contributed by atoms with van der Waals surface area (Å²) in [6, 6.07) is 13.1. The van der Waals surface area contributed by atoms with Crippen LogP contribution >= 0.6 is 0 Å². The highest BCUT2D eigenvalue weighted by Crippen LogP contribution is 2.49. The van der Waals surface area contributed by atoms with Crippen LogP contribution in [0.15, 0.2) is 42.5 Å². The third kappa shape index (κ3) is 3.21. The average molecular weight is 402 g/mol. The third-order valence-electron chi connectivity index (χ3n) is 5.73. The molecule has 0 bridgehead atoms.